The van der Waals surface area contributed by atoms with Crippen molar-refractivity contribution in [1.82, 2.24) is 15.2 Å². The van der Waals surface area contributed by atoms with E-state index in [0.29, 0.717) is 19.0 Å². The summed E-state index contributed by atoms with van der Waals surface area (Å²) in [5.74, 6) is 1.37. The number of para-hydroxylation sites is 2. The van der Waals surface area contributed by atoms with E-state index in [-0.39, 0.29) is 11.9 Å². The van der Waals surface area contributed by atoms with Gasteiger partial charge in [0.15, 0.2) is 11.5 Å². The number of hydrogen-bond donors (Lipinski definition) is 1. The molecule has 1 aromatic heterocycles. The van der Waals surface area contributed by atoms with Crippen LogP contribution in [0, 0.1) is 5.92 Å². The first kappa shape index (κ1) is 15.4. The van der Waals surface area contributed by atoms with Gasteiger partial charge < -0.3 is 19.4 Å². The van der Waals surface area contributed by atoms with Gasteiger partial charge in [0.25, 0.3) is 0 Å². The van der Waals surface area contributed by atoms with Crippen molar-refractivity contribution in [3.8, 4) is 0 Å². The number of rotatable bonds is 3. The lowest BCUT2D eigenvalue weighted by Crippen LogP contribution is -2.46. The zero-order valence-corrected chi connectivity index (χ0v) is 13.7. The molecule has 2 atom stereocenters. The molecule has 2 saturated heterocycles. The third kappa shape index (κ3) is 3.24. The summed E-state index contributed by atoms with van der Waals surface area (Å²) in [4.78, 5) is 18.9. The predicted molar refractivity (Wildman–Crippen MR) is 89.9 cm³/mol. The number of nitrogens with one attached hydrogen (secondary N) is 1. The molecule has 2 aliphatic heterocycles. The van der Waals surface area contributed by atoms with E-state index >= 15 is 0 Å². The van der Waals surface area contributed by atoms with Crippen LogP contribution in [0.5, 0.6) is 0 Å². The second-order valence-corrected chi connectivity index (χ2v) is 6.72. The summed E-state index contributed by atoms with van der Waals surface area (Å²) < 4.78 is 11.2. The number of aromatic nitrogens is 1. The van der Waals surface area contributed by atoms with Crippen LogP contribution in [0.2, 0.25) is 0 Å². The normalized spacial score (nSPS) is 24.4. The summed E-state index contributed by atoms with van der Waals surface area (Å²) in [5.41, 5.74) is 1.70. The van der Waals surface area contributed by atoms with Crippen LogP contribution in [0.1, 0.15) is 31.1 Å². The van der Waals surface area contributed by atoms with E-state index in [1.54, 1.807) is 0 Å². The number of hydrogen-bond acceptors (Lipinski definition) is 4. The van der Waals surface area contributed by atoms with Gasteiger partial charge in [-0.3, -0.25) is 0 Å². The van der Waals surface area contributed by atoms with Crippen LogP contribution >= 0.6 is 0 Å². The monoisotopic (exact) mass is 329 g/mol. The van der Waals surface area contributed by atoms with E-state index in [1.165, 1.54) is 0 Å². The number of piperidine rings is 1. The van der Waals surface area contributed by atoms with Crippen LogP contribution in [0.3, 0.4) is 0 Å². The Balaban J connectivity index is 1.38. The first-order valence-corrected chi connectivity index (χ1v) is 8.75. The summed E-state index contributed by atoms with van der Waals surface area (Å²) in [6.07, 6.45) is 3.02. The topological polar surface area (TPSA) is 67.6 Å². The Morgan fingerprint density at radius 1 is 1.33 bits per heavy atom. The highest BCUT2D eigenvalue weighted by Crippen LogP contribution is 2.29. The average molecular weight is 329 g/mol. The highest BCUT2D eigenvalue weighted by atomic mass is 16.5. The van der Waals surface area contributed by atoms with Crippen molar-refractivity contribution in [3.05, 3.63) is 30.2 Å². The largest absolute Gasteiger partial charge is 0.440 e. The number of amides is 2. The molecule has 0 spiro atoms. The molecule has 0 radical (unpaired) electrons. The van der Waals surface area contributed by atoms with Gasteiger partial charge in [-0.15, -0.1) is 0 Å². The van der Waals surface area contributed by atoms with Crippen molar-refractivity contribution in [2.75, 3.05) is 32.8 Å². The molecule has 1 N–H and O–H groups in total. The fraction of sp³-hybridized carbons (Fsp3) is 0.556. The lowest BCUT2D eigenvalue weighted by atomic mass is 9.98. The molecule has 24 heavy (non-hydrogen) atoms. The number of benzene rings is 1. The van der Waals surface area contributed by atoms with Gasteiger partial charge in [-0.1, -0.05) is 12.1 Å². The minimum absolute atomic E-state index is 0.0164. The quantitative estimate of drug-likeness (QED) is 0.940. The van der Waals surface area contributed by atoms with Crippen molar-refractivity contribution in [2.24, 2.45) is 5.92 Å². The summed E-state index contributed by atoms with van der Waals surface area (Å²) in [5, 5.41) is 3.05. The second-order valence-electron chi connectivity index (χ2n) is 6.72. The van der Waals surface area contributed by atoms with E-state index < -0.39 is 0 Å². The van der Waals surface area contributed by atoms with Gasteiger partial charge in [0.1, 0.15) is 5.52 Å². The lowest BCUT2D eigenvalue weighted by Gasteiger charge is -2.31. The van der Waals surface area contributed by atoms with Gasteiger partial charge in [-0.25, -0.2) is 9.78 Å². The Labute approximate surface area is 141 Å². The third-order valence-corrected chi connectivity index (χ3v) is 4.93. The average Bonchev–Trinajstić information content (AvgIpc) is 3.29. The molecular formula is C18H23N3O3. The first-order chi connectivity index (χ1) is 11.8. The summed E-state index contributed by atoms with van der Waals surface area (Å²) in [6, 6.07) is 7.82. The van der Waals surface area contributed by atoms with E-state index in [4.69, 9.17) is 9.15 Å². The number of carbonyl (C=O) groups is 1. The Morgan fingerprint density at radius 2 is 2.25 bits per heavy atom. The maximum atomic E-state index is 12.4. The van der Waals surface area contributed by atoms with Gasteiger partial charge in [0, 0.05) is 32.2 Å². The van der Waals surface area contributed by atoms with Gasteiger partial charge >= 0.3 is 6.03 Å². The van der Waals surface area contributed by atoms with E-state index in [2.05, 4.69) is 10.3 Å². The smallest absolute Gasteiger partial charge is 0.317 e. The van der Waals surface area contributed by atoms with Crippen LogP contribution in [-0.4, -0.2) is 48.8 Å². The highest BCUT2D eigenvalue weighted by Gasteiger charge is 2.28. The number of oxazole rings is 1. The molecule has 1 aromatic carbocycles. The third-order valence-electron chi connectivity index (χ3n) is 4.93. The Kier molecular flexibility index (Phi) is 4.38. The standard InChI is InChI=1S/C18H23N3O3/c22-18(19-10-13-7-9-23-12-13)21-8-3-4-14(11-21)17-20-15-5-1-2-6-16(15)24-17/h1-2,5-6,13-14H,3-4,7-12H2,(H,19,22)/t13-,14+/m0/s1. The van der Waals surface area contributed by atoms with Gasteiger partial charge in [0.05, 0.1) is 12.5 Å². The Morgan fingerprint density at radius 3 is 3.08 bits per heavy atom. The minimum Gasteiger partial charge on any atom is -0.440 e. The molecule has 2 aromatic rings. The predicted octanol–water partition coefficient (Wildman–Crippen LogP) is 2.75. The summed E-state index contributed by atoms with van der Waals surface area (Å²) in [6.45, 7) is 3.72. The molecule has 0 aliphatic carbocycles. The summed E-state index contributed by atoms with van der Waals surface area (Å²) >= 11 is 0. The lowest BCUT2D eigenvalue weighted by molar-refractivity contribution is 0.169. The molecule has 2 amide bonds. The SMILES string of the molecule is O=C(NC[C@@H]1CCOC1)N1CCC[C@@H](c2nc3ccccc3o2)C1. The van der Waals surface area contributed by atoms with Gasteiger partial charge in [-0.2, -0.15) is 0 Å². The van der Waals surface area contributed by atoms with Crippen LogP contribution < -0.4 is 5.32 Å². The number of carbonyl (C=O) groups excluding carboxylic acids is 1. The fourth-order valence-corrected chi connectivity index (χ4v) is 3.52. The number of ether oxygens (including phenoxy) is 1. The molecule has 0 bridgehead atoms. The molecule has 128 valence electrons. The van der Waals surface area contributed by atoms with Crippen molar-refractivity contribution >= 4 is 17.1 Å². The number of fused-ring (bicyclic) bond motifs is 1. The molecule has 6 heteroatoms. The summed E-state index contributed by atoms with van der Waals surface area (Å²) in [7, 11) is 0. The molecule has 3 heterocycles. The Hall–Kier alpha value is -2.08. The van der Waals surface area contributed by atoms with Gasteiger partial charge in [-0.05, 0) is 31.4 Å². The van der Waals surface area contributed by atoms with Crippen molar-refractivity contribution < 1.29 is 13.9 Å². The maximum absolute atomic E-state index is 12.4. The van der Waals surface area contributed by atoms with E-state index in [1.807, 2.05) is 29.2 Å². The van der Waals surface area contributed by atoms with Crippen molar-refractivity contribution in [3.63, 3.8) is 0 Å². The molecule has 2 fully saturated rings. The van der Waals surface area contributed by atoms with Crippen LogP contribution in [0.25, 0.3) is 11.1 Å². The molecule has 2 aliphatic rings. The minimum atomic E-state index is 0.0164. The van der Waals surface area contributed by atoms with E-state index in [0.717, 1.165) is 56.0 Å². The maximum Gasteiger partial charge on any atom is 0.317 e. The molecule has 6 nitrogen and oxygen atoms in total. The van der Waals surface area contributed by atoms with Gasteiger partial charge in [0.2, 0.25) is 0 Å². The Bertz CT molecular complexity index is 675. The van der Waals surface area contributed by atoms with Crippen molar-refractivity contribution in [1.29, 1.82) is 0 Å². The molecule has 0 saturated carbocycles. The van der Waals surface area contributed by atoms with Crippen LogP contribution in [0.4, 0.5) is 4.79 Å². The van der Waals surface area contributed by atoms with Crippen LogP contribution in [-0.2, 0) is 4.74 Å². The number of nitrogens with zero attached hydrogens (tertiary/aromatic N) is 2. The zero-order chi connectivity index (χ0) is 16.4. The highest BCUT2D eigenvalue weighted by molar-refractivity contribution is 5.74. The second kappa shape index (κ2) is 6.81. The van der Waals surface area contributed by atoms with Crippen LogP contribution in [0.15, 0.2) is 28.7 Å². The molecule has 0 unspecified atom stereocenters. The zero-order valence-electron chi connectivity index (χ0n) is 13.7. The molecule has 4 rings (SSSR count). The fourth-order valence-electron chi connectivity index (χ4n) is 3.52. The van der Waals surface area contributed by atoms with E-state index in [9.17, 15) is 4.79 Å². The number of likely N-dealkylation sites (tertiary alicyclic amines) is 1. The van der Waals surface area contributed by atoms with Crippen molar-refractivity contribution in [2.45, 2.75) is 25.2 Å². The first-order valence-electron chi connectivity index (χ1n) is 8.75. The number of urea groups is 1. The molecular weight excluding hydrogens is 306 g/mol.